The van der Waals surface area contributed by atoms with Crippen molar-refractivity contribution in [2.24, 2.45) is 0 Å². The number of aryl methyl sites for hydroxylation is 2. The first-order valence-corrected chi connectivity index (χ1v) is 6.46. The molecule has 6 nitrogen and oxygen atoms in total. The largest absolute Gasteiger partial charge is 0.432 e. The number of nitro groups is 1. The molecule has 21 heavy (non-hydrogen) atoms. The summed E-state index contributed by atoms with van der Waals surface area (Å²) in [5.74, 6) is 0.428. The van der Waals surface area contributed by atoms with Crippen molar-refractivity contribution in [3.05, 3.63) is 57.3 Å². The average molecular weight is 288 g/mol. The van der Waals surface area contributed by atoms with Crippen molar-refractivity contribution < 1.29 is 14.8 Å². The van der Waals surface area contributed by atoms with Crippen LogP contribution in [0, 0.1) is 24.0 Å². The lowest BCUT2D eigenvalue weighted by molar-refractivity contribution is -0.385. The second-order valence-corrected chi connectivity index (χ2v) is 4.89. The van der Waals surface area contributed by atoms with E-state index in [4.69, 9.17) is 4.74 Å². The Balaban J connectivity index is 2.37. The molecule has 0 radical (unpaired) electrons. The molecule has 0 saturated carbocycles. The summed E-state index contributed by atoms with van der Waals surface area (Å²) in [5, 5.41) is 20.6. The molecule has 0 unspecified atom stereocenters. The molecule has 0 fully saturated rings. The predicted octanol–water partition coefficient (Wildman–Crippen LogP) is 3.45. The number of aliphatic hydroxyl groups is 1. The van der Waals surface area contributed by atoms with E-state index in [0.717, 1.165) is 5.56 Å². The summed E-state index contributed by atoms with van der Waals surface area (Å²) in [6.45, 7) is 5.17. The van der Waals surface area contributed by atoms with Crippen LogP contribution in [0.15, 0.2) is 30.5 Å². The summed E-state index contributed by atoms with van der Waals surface area (Å²) >= 11 is 0. The summed E-state index contributed by atoms with van der Waals surface area (Å²) < 4.78 is 5.56. The molecule has 0 aliphatic carbocycles. The van der Waals surface area contributed by atoms with Crippen LogP contribution in [-0.2, 0) is 0 Å². The Morgan fingerprint density at radius 2 is 2.05 bits per heavy atom. The third kappa shape index (κ3) is 3.35. The van der Waals surface area contributed by atoms with E-state index in [1.54, 1.807) is 32.9 Å². The average Bonchev–Trinajstić information content (AvgIpc) is 2.41. The van der Waals surface area contributed by atoms with Gasteiger partial charge in [0.15, 0.2) is 0 Å². The van der Waals surface area contributed by atoms with E-state index >= 15 is 0 Å². The molecule has 110 valence electrons. The lowest BCUT2D eigenvalue weighted by atomic mass is 10.1. The van der Waals surface area contributed by atoms with Crippen molar-refractivity contribution in [1.82, 2.24) is 4.98 Å². The molecule has 1 N–H and O–H groups in total. The number of aliphatic hydroxyl groups excluding tert-OH is 1. The van der Waals surface area contributed by atoms with Gasteiger partial charge in [0.25, 0.3) is 0 Å². The molecule has 2 rings (SSSR count). The van der Waals surface area contributed by atoms with Crippen molar-refractivity contribution in [2.75, 3.05) is 0 Å². The third-order valence-corrected chi connectivity index (χ3v) is 3.04. The maximum atomic E-state index is 11.1. The maximum absolute atomic E-state index is 11.1. The van der Waals surface area contributed by atoms with E-state index in [0.29, 0.717) is 11.1 Å². The Labute approximate surface area is 122 Å². The molecule has 6 heteroatoms. The fourth-order valence-electron chi connectivity index (χ4n) is 2.00. The van der Waals surface area contributed by atoms with Crippen LogP contribution >= 0.6 is 0 Å². The normalized spacial score (nSPS) is 12.0. The van der Waals surface area contributed by atoms with Gasteiger partial charge in [-0.15, -0.1) is 0 Å². The molecule has 0 saturated heterocycles. The number of nitrogens with zero attached hydrogens (tertiary/aromatic N) is 2. The number of ether oxygens (including phenoxy) is 1. The van der Waals surface area contributed by atoms with Gasteiger partial charge >= 0.3 is 5.69 Å². The Hall–Kier alpha value is -2.47. The van der Waals surface area contributed by atoms with Gasteiger partial charge in [-0.05, 0) is 43.5 Å². The molecule has 1 aromatic heterocycles. The molecule has 0 aliphatic heterocycles. The quantitative estimate of drug-likeness (QED) is 0.688. The molecule has 0 amide bonds. The van der Waals surface area contributed by atoms with Crippen LogP contribution in [0.2, 0.25) is 0 Å². The topological polar surface area (TPSA) is 85.5 Å². The van der Waals surface area contributed by atoms with E-state index in [-0.39, 0.29) is 17.3 Å². The Morgan fingerprint density at radius 1 is 1.33 bits per heavy atom. The third-order valence-electron chi connectivity index (χ3n) is 3.04. The molecule has 1 aromatic carbocycles. The van der Waals surface area contributed by atoms with Gasteiger partial charge in [-0.3, -0.25) is 10.1 Å². The summed E-state index contributed by atoms with van der Waals surface area (Å²) in [4.78, 5) is 14.7. The van der Waals surface area contributed by atoms with E-state index < -0.39 is 11.0 Å². The number of rotatable bonds is 4. The first-order valence-electron chi connectivity index (χ1n) is 6.46. The molecule has 0 spiro atoms. The van der Waals surface area contributed by atoms with Crippen molar-refractivity contribution in [3.8, 4) is 11.6 Å². The van der Waals surface area contributed by atoms with Gasteiger partial charge in [0, 0.05) is 18.3 Å². The summed E-state index contributed by atoms with van der Waals surface area (Å²) in [5.41, 5.74) is 2.03. The summed E-state index contributed by atoms with van der Waals surface area (Å²) in [6, 6.07) is 6.52. The minimum Gasteiger partial charge on any atom is -0.432 e. The molecular weight excluding hydrogens is 272 g/mol. The van der Waals surface area contributed by atoms with Crippen LogP contribution in [0.3, 0.4) is 0 Å². The number of hydrogen-bond acceptors (Lipinski definition) is 5. The Bertz CT molecular complexity index is 666. The molecule has 0 aliphatic rings. The number of aromatic nitrogens is 1. The van der Waals surface area contributed by atoms with Crippen molar-refractivity contribution in [3.63, 3.8) is 0 Å². The molecule has 0 bridgehead atoms. The van der Waals surface area contributed by atoms with Gasteiger partial charge < -0.3 is 9.84 Å². The number of benzene rings is 1. The summed E-state index contributed by atoms with van der Waals surface area (Å²) in [6.07, 6.45) is 0.858. The zero-order valence-corrected chi connectivity index (χ0v) is 12.0. The highest BCUT2D eigenvalue weighted by atomic mass is 16.6. The fourth-order valence-corrected chi connectivity index (χ4v) is 2.00. The second kappa shape index (κ2) is 5.88. The highest BCUT2D eigenvalue weighted by Crippen LogP contribution is 2.35. The van der Waals surface area contributed by atoms with E-state index in [1.807, 2.05) is 6.07 Å². The predicted molar refractivity (Wildman–Crippen MR) is 77.5 cm³/mol. The highest BCUT2D eigenvalue weighted by Gasteiger charge is 2.19. The van der Waals surface area contributed by atoms with Crippen LogP contribution in [-0.4, -0.2) is 15.0 Å². The van der Waals surface area contributed by atoms with Crippen LogP contribution in [0.1, 0.15) is 29.7 Å². The van der Waals surface area contributed by atoms with Crippen molar-refractivity contribution in [1.29, 1.82) is 0 Å². The van der Waals surface area contributed by atoms with Crippen LogP contribution in [0.25, 0.3) is 0 Å². The molecule has 2 aromatic rings. The van der Waals surface area contributed by atoms with Gasteiger partial charge in [-0.2, -0.15) is 0 Å². The fraction of sp³-hybridized carbons (Fsp3) is 0.267. The number of nitro benzene ring substituents is 1. The van der Waals surface area contributed by atoms with Gasteiger partial charge in [0.05, 0.1) is 11.0 Å². The number of pyridine rings is 1. The smallest absolute Gasteiger partial charge is 0.312 e. The van der Waals surface area contributed by atoms with Gasteiger partial charge in [0.1, 0.15) is 0 Å². The first kappa shape index (κ1) is 14.9. The van der Waals surface area contributed by atoms with E-state index in [2.05, 4.69) is 4.98 Å². The Morgan fingerprint density at radius 3 is 2.57 bits per heavy atom. The minimum atomic E-state index is -0.623. The highest BCUT2D eigenvalue weighted by molar-refractivity contribution is 5.54. The molecule has 1 atom stereocenters. The van der Waals surface area contributed by atoms with Gasteiger partial charge in [-0.25, -0.2) is 4.98 Å². The van der Waals surface area contributed by atoms with Crippen LogP contribution < -0.4 is 4.74 Å². The molecule has 1 heterocycles. The van der Waals surface area contributed by atoms with E-state index in [9.17, 15) is 15.2 Å². The molecular formula is C15H16N2O4. The summed E-state index contributed by atoms with van der Waals surface area (Å²) in [7, 11) is 0. The van der Waals surface area contributed by atoms with Gasteiger partial charge in [0.2, 0.25) is 11.6 Å². The van der Waals surface area contributed by atoms with E-state index in [1.165, 1.54) is 12.3 Å². The zero-order chi connectivity index (χ0) is 15.6. The van der Waals surface area contributed by atoms with Crippen LogP contribution in [0.5, 0.6) is 11.6 Å². The minimum absolute atomic E-state index is 0.0890. The van der Waals surface area contributed by atoms with Crippen molar-refractivity contribution >= 4 is 5.69 Å². The maximum Gasteiger partial charge on any atom is 0.312 e. The van der Waals surface area contributed by atoms with Crippen LogP contribution in [0.4, 0.5) is 5.69 Å². The lowest BCUT2D eigenvalue weighted by Gasteiger charge is -2.10. The lowest BCUT2D eigenvalue weighted by Crippen LogP contribution is -1.99. The monoisotopic (exact) mass is 288 g/mol. The standard InChI is InChI=1S/C15H16N2O4/c1-9-6-10(2)15(13(7-9)17(19)20)21-14-5-4-12(8-16-14)11(3)18/h4-8,11,18H,1-3H3/t11-/m0/s1. The zero-order valence-electron chi connectivity index (χ0n) is 12.0. The van der Waals surface area contributed by atoms with Crippen molar-refractivity contribution in [2.45, 2.75) is 26.9 Å². The Kier molecular flexibility index (Phi) is 4.18. The first-order chi connectivity index (χ1) is 9.88. The second-order valence-electron chi connectivity index (χ2n) is 4.89. The number of hydrogen-bond donors (Lipinski definition) is 1. The SMILES string of the molecule is Cc1cc(C)c(Oc2ccc([C@H](C)O)cn2)c([N+](=O)[O-])c1. The van der Waals surface area contributed by atoms with Gasteiger partial charge in [-0.1, -0.05) is 6.07 Å².